The van der Waals surface area contributed by atoms with Crippen LogP contribution in [0.3, 0.4) is 0 Å². The maximum atomic E-state index is 13.3. The van der Waals surface area contributed by atoms with E-state index in [1.54, 1.807) is 26.4 Å². The van der Waals surface area contributed by atoms with Crippen molar-refractivity contribution in [1.82, 2.24) is 4.31 Å². The molecule has 0 bridgehead atoms. The zero-order valence-corrected chi connectivity index (χ0v) is 16.2. The maximum absolute atomic E-state index is 13.3. The smallest absolute Gasteiger partial charge is 0.243 e. The van der Waals surface area contributed by atoms with Crippen molar-refractivity contribution in [1.29, 1.82) is 0 Å². The summed E-state index contributed by atoms with van der Waals surface area (Å²) in [5.41, 5.74) is 1.98. The average Bonchev–Trinajstić information content (AvgIpc) is 3.14. The van der Waals surface area contributed by atoms with Gasteiger partial charge in [0.05, 0.1) is 19.1 Å². The second kappa shape index (κ2) is 6.61. The van der Waals surface area contributed by atoms with Crippen LogP contribution in [-0.2, 0) is 23.0 Å². The summed E-state index contributed by atoms with van der Waals surface area (Å²) in [6.45, 7) is 2.28. The van der Waals surface area contributed by atoms with E-state index in [0.29, 0.717) is 29.4 Å². The Hall–Kier alpha value is -2.45. The first kappa shape index (κ1) is 17.9. The van der Waals surface area contributed by atoms with Crippen LogP contribution in [0, 0.1) is 0 Å². The van der Waals surface area contributed by atoms with Crippen molar-refractivity contribution in [3.63, 3.8) is 0 Å². The minimum Gasteiger partial charge on any atom is -0.493 e. The Morgan fingerprint density at radius 1 is 1.00 bits per heavy atom. The van der Waals surface area contributed by atoms with Gasteiger partial charge in [-0.1, -0.05) is 0 Å². The number of nitrogens with zero attached hydrogens (tertiary/aromatic N) is 1. The second-order valence-corrected chi connectivity index (χ2v) is 8.48. The summed E-state index contributed by atoms with van der Waals surface area (Å²) < 4.78 is 49.3. The lowest BCUT2D eigenvalue weighted by molar-refractivity contribution is 0.174. The first-order valence-corrected chi connectivity index (χ1v) is 10.0. The van der Waals surface area contributed by atoms with Gasteiger partial charge in [-0.2, -0.15) is 4.31 Å². The van der Waals surface area contributed by atoms with E-state index in [-0.39, 0.29) is 24.3 Å². The van der Waals surface area contributed by atoms with Gasteiger partial charge in [0.1, 0.15) is 0 Å². The molecule has 1 atom stereocenters. The average molecular weight is 391 g/mol. The summed E-state index contributed by atoms with van der Waals surface area (Å²) in [5, 5.41) is 0. The third-order valence-electron chi connectivity index (χ3n) is 4.99. The monoisotopic (exact) mass is 391 g/mol. The molecule has 7 nitrogen and oxygen atoms in total. The first-order valence-electron chi connectivity index (χ1n) is 8.59. The fourth-order valence-electron chi connectivity index (χ4n) is 3.54. The number of benzene rings is 2. The summed E-state index contributed by atoms with van der Waals surface area (Å²) in [6.07, 6.45) is 0.597. The van der Waals surface area contributed by atoms with E-state index in [1.807, 2.05) is 19.1 Å². The number of hydrogen-bond acceptors (Lipinski definition) is 6. The van der Waals surface area contributed by atoms with Crippen LogP contribution in [0.2, 0.25) is 0 Å². The van der Waals surface area contributed by atoms with Gasteiger partial charge < -0.3 is 18.9 Å². The van der Waals surface area contributed by atoms with Gasteiger partial charge in [-0.25, -0.2) is 8.42 Å². The summed E-state index contributed by atoms with van der Waals surface area (Å²) >= 11 is 0. The molecule has 2 aliphatic heterocycles. The molecule has 2 aliphatic rings. The highest BCUT2D eigenvalue weighted by Crippen LogP contribution is 2.38. The Bertz CT molecular complexity index is 988. The summed E-state index contributed by atoms with van der Waals surface area (Å²) in [5.74, 6) is 2.25. The quantitative estimate of drug-likeness (QED) is 0.798. The lowest BCUT2D eigenvalue weighted by Crippen LogP contribution is -2.42. The Labute approximate surface area is 158 Å². The number of rotatable bonds is 4. The lowest BCUT2D eigenvalue weighted by Gasteiger charge is -2.34. The zero-order valence-electron chi connectivity index (χ0n) is 15.4. The van der Waals surface area contributed by atoms with Crippen molar-refractivity contribution >= 4 is 10.0 Å². The molecule has 1 unspecified atom stereocenters. The van der Waals surface area contributed by atoms with Gasteiger partial charge in [-0.15, -0.1) is 0 Å². The fourth-order valence-corrected chi connectivity index (χ4v) is 5.16. The van der Waals surface area contributed by atoms with E-state index in [2.05, 4.69) is 0 Å². The first-order chi connectivity index (χ1) is 12.9. The van der Waals surface area contributed by atoms with Crippen LogP contribution in [0.25, 0.3) is 0 Å². The van der Waals surface area contributed by atoms with Crippen LogP contribution < -0.4 is 18.9 Å². The predicted molar refractivity (Wildman–Crippen MR) is 98.0 cm³/mol. The highest BCUT2D eigenvalue weighted by Gasteiger charge is 2.35. The summed E-state index contributed by atoms with van der Waals surface area (Å²) in [4.78, 5) is 0.197. The Morgan fingerprint density at radius 3 is 2.37 bits per heavy atom. The molecule has 2 heterocycles. The van der Waals surface area contributed by atoms with Crippen molar-refractivity contribution in [3.8, 4) is 23.0 Å². The van der Waals surface area contributed by atoms with Gasteiger partial charge in [-0.05, 0) is 48.7 Å². The third-order valence-corrected chi connectivity index (χ3v) is 6.95. The van der Waals surface area contributed by atoms with Crippen LogP contribution in [0.4, 0.5) is 0 Å². The number of fused-ring (bicyclic) bond motifs is 2. The summed E-state index contributed by atoms with van der Waals surface area (Å²) in [7, 11) is -0.529. The number of hydrogen-bond donors (Lipinski definition) is 0. The van der Waals surface area contributed by atoms with E-state index in [0.717, 1.165) is 11.1 Å². The maximum Gasteiger partial charge on any atom is 0.243 e. The van der Waals surface area contributed by atoms with Crippen molar-refractivity contribution in [2.45, 2.75) is 30.8 Å². The molecule has 0 radical (unpaired) electrons. The molecule has 4 rings (SSSR count). The normalized spacial score (nSPS) is 18.9. The molecule has 144 valence electrons. The molecule has 27 heavy (non-hydrogen) atoms. The van der Waals surface area contributed by atoms with Crippen molar-refractivity contribution in [3.05, 3.63) is 41.5 Å². The minimum atomic E-state index is -3.69. The van der Waals surface area contributed by atoms with Gasteiger partial charge in [-0.3, -0.25) is 0 Å². The zero-order chi connectivity index (χ0) is 19.2. The van der Waals surface area contributed by atoms with Gasteiger partial charge >= 0.3 is 0 Å². The van der Waals surface area contributed by atoms with Crippen LogP contribution in [-0.4, -0.2) is 39.8 Å². The van der Waals surface area contributed by atoms with Gasteiger partial charge in [0.15, 0.2) is 23.0 Å². The van der Waals surface area contributed by atoms with Gasteiger partial charge in [0.25, 0.3) is 0 Å². The van der Waals surface area contributed by atoms with E-state index >= 15 is 0 Å². The SMILES string of the molecule is COc1cc2c(cc1OC)CN(S(=O)(=O)c1ccc3c(c1)OCO3)C(C)C2. The molecule has 0 saturated heterocycles. The number of ether oxygens (including phenoxy) is 4. The molecule has 8 heteroatoms. The number of methoxy groups -OCH3 is 2. The van der Waals surface area contributed by atoms with Crippen LogP contribution in [0.1, 0.15) is 18.1 Å². The molecule has 2 aromatic rings. The topological polar surface area (TPSA) is 74.3 Å². The standard InChI is InChI=1S/C19H21NO6S/c1-12-6-13-7-17(23-2)18(24-3)8-14(13)10-20(12)27(21,22)15-4-5-16-19(9-15)26-11-25-16/h4-5,7-9,12H,6,10-11H2,1-3H3. The second-order valence-electron chi connectivity index (χ2n) is 6.59. The van der Waals surface area contributed by atoms with Crippen molar-refractivity contribution < 1.29 is 27.4 Å². The fraction of sp³-hybridized carbons (Fsp3) is 0.368. The minimum absolute atomic E-state index is 0.105. The number of sulfonamides is 1. The molecule has 2 aromatic carbocycles. The van der Waals surface area contributed by atoms with Crippen LogP contribution in [0.15, 0.2) is 35.2 Å². The Morgan fingerprint density at radius 2 is 1.67 bits per heavy atom. The Kier molecular flexibility index (Phi) is 4.39. The summed E-state index contributed by atoms with van der Waals surface area (Å²) in [6, 6.07) is 8.29. The third kappa shape index (κ3) is 2.98. The highest BCUT2D eigenvalue weighted by molar-refractivity contribution is 7.89. The van der Waals surface area contributed by atoms with Crippen molar-refractivity contribution in [2.24, 2.45) is 0 Å². The van der Waals surface area contributed by atoms with Crippen molar-refractivity contribution in [2.75, 3.05) is 21.0 Å². The van der Waals surface area contributed by atoms with E-state index in [4.69, 9.17) is 18.9 Å². The molecule has 0 spiro atoms. The molecular formula is C19H21NO6S. The molecule has 0 aromatic heterocycles. The van der Waals surface area contributed by atoms with E-state index in [9.17, 15) is 8.42 Å². The Balaban J connectivity index is 1.70. The molecule has 0 aliphatic carbocycles. The van der Waals surface area contributed by atoms with E-state index in [1.165, 1.54) is 10.4 Å². The predicted octanol–water partition coefficient (Wildman–Crippen LogP) is 2.57. The van der Waals surface area contributed by atoms with Gasteiger partial charge in [0.2, 0.25) is 16.8 Å². The highest BCUT2D eigenvalue weighted by atomic mass is 32.2. The van der Waals surface area contributed by atoms with Crippen LogP contribution in [0.5, 0.6) is 23.0 Å². The molecular weight excluding hydrogens is 370 g/mol. The molecule has 0 saturated carbocycles. The van der Waals surface area contributed by atoms with E-state index < -0.39 is 10.0 Å². The molecule has 0 N–H and O–H groups in total. The molecule has 0 fully saturated rings. The largest absolute Gasteiger partial charge is 0.493 e. The molecule has 0 amide bonds. The van der Waals surface area contributed by atoms with Crippen LogP contribution >= 0.6 is 0 Å². The van der Waals surface area contributed by atoms with Gasteiger partial charge in [0, 0.05) is 18.7 Å². The lowest BCUT2D eigenvalue weighted by atomic mass is 9.96.